The first-order chi connectivity index (χ1) is 14.3. The molecule has 2 aromatic heterocycles. The van der Waals surface area contributed by atoms with Crippen LogP contribution in [0.4, 0.5) is 10.1 Å². The van der Waals surface area contributed by atoms with Crippen LogP contribution in [0.1, 0.15) is 15.2 Å². The number of nitrogens with one attached hydrogen (secondary N) is 1. The van der Waals surface area contributed by atoms with Crippen molar-refractivity contribution in [3.05, 3.63) is 56.2 Å². The van der Waals surface area contributed by atoms with E-state index in [9.17, 15) is 18.8 Å². The van der Waals surface area contributed by atoms with Crippen LogP contribution in [0.2, 0.25) is 5.02 Å². The molecule has 8 nitrogen and oxygen atoms in total. The molecule has 0 aliphatic carbocycles. The van der Waals surface area contributed by atoms with Gasteiger partial charge in [0.1, 0.15) is 28.7 Å². The van der Waals surface area contributed by atoms with Crippen molar-refractivity contribution in [1.29, 1.82) is 0 Å². The van der Waals surface area contributed by atoms with Gasteiger partial charge in [-0.05, 0) is 30.7 Å². The van der Waals surface area contributed by atoms with Gasteiger partial charge in [-0.15, -0.1) is 11.3 Å². The van der Waals surface area contributed by atoms with Crippen molar-refractivity contribution in [2.75, 3.05) is 25.6 Å². The van der Waals surface area contributed by atoms with Gasteiger partial charge in [-0.3, -0.25) is 14.2 Å². The molecule has 3 aromatic rings. The Kier molecular flexibility index (Phi) is 6.80. The maximum absolute atomic E-state index is 13.2. The zero-order valence-electron chi connectivity index (χ0n) is 16.0. The Morgan fingerprint density at radius 1 is 1.33 bits per heavy atom. The number of halogens is 2. The predicted molar refractivity (Wildman–Crippen MR) is 111 cm³/mol. The maximum Gasteiger partial charge on any atom is 0.348 e. The fourth-order valence-electron chi connectivity index (χ4n) is 2.68. The maximum atomic E-state index is 13.2. The molecule has 30 heavy (non-hydrogen) atoms. The Hall–Kier alpha value is -2.82. The van der Waals surface area contributed by atoms with E-state index in [1.165, 1.54) is 25.6 Å². The molecule has 0 saturated carbocycles. The number of carbonyl (C=O) groups excluding carboxylic acids is 2. The summed E-state index contributed by atoms with van der Waals surface area (Å²) in [7, 11) is 1.49. The third-order valence-electron chi connectivity index (χ3n) is 4.14. The van der Waals surface area contributed by atoms with Crippen LogP contribution in [0, 0.1) is 12.7 Å². The molecule has 0 fully saturated rings. The van der Waals surface area contributed by atoms with Crippen LogP contribution >= 0.6 is 22.9 Å². The quantitative estimate of drug-likeness (QED) is 0.436. The molecule has 1 amide bonds. The largest absolute Gasteiger partial charge is 0.459 e. The molecule has 0 aliphatic heterocycles. The minimum Gasteiger partial charge on any atom is -0.459 e. The number of aromatic nitrogens is 2. The molecule has 0 spiro atoms. The van der Waals surface area contributed by atoms with Crippen molar-refractivity contribution in [2.24, 2.45) is 0 Å². The molecule has 0 atom stereocenters. The molecule has 0 saturated heterocycles. The number of ether oxygens (including phenoxy) is 2. The molecule has 0 radical (unpaired) electrons. The number of thiophene rings is 1. The van der Waals surface area contributed by atoms with Crippen LogP contribution in [0.15, 0.2) is 29.3 Å². The van der Waals surface area contributed by atoms with E-state index in [-0.39, 0.29) is 35.0 Å². The highest BCUT2D eigenvalue weighted by Gasteiger charge is 2.21. The number of aryl methyl sites for hydroxylation is 1. The van der Waals surface area contributed by atoms with Crippen molar-refractivity contribution in [1.82, 2.24) is 9.55 Å². The molecular weight excluding hydrogens is 437 g/mol. The summed E-state index contributed by atoms with van der Waals surface area (Å²) < 4.78 is 24.3. The van der Waals surface area contributed by atoms with E-state index >= 15 is 0 Å². The van der Waals surface area contributed by atoms with E-state index in [1.807, 2.05) is 0 Å². The average Bonchev–Trinajstić information content (AvgIpc) is 3.04. The molecule has 2 heterocycles. The number of anilines is 1. The number of benzene rings is 1. The summed E-state index contributed by atoms with van der Waals surface area (Å²) in [5.41, 5.74) is 0.272. The van der Waals surface area contributed by atoms with Gasteiger partial charge in [0, 0.05) is 12.8 Å². The number of nitrogens with zero attached hydrogens (tertiary/aromatic N) is 2. The second kappa shape index (κ2) is 9.33. The van der Waals surface area contributed by atoms with Gasteiger partial charge in [0.15, 0.2) is 0 Å². The Morgan fingerprint density at radius 2 is 2.10 bits per heavy atom. The van der Waals surface area contributed by atoms with Gasteiger partial charge >= 0.3 is 5.97 Å². The van der Waals surface area contributed by atoms with Crippen molar-refractivity contribution in [3.63, 3.8) is 0 Å². The van der Waals surface area contributed by atoms with Crippen molar-refractivity contribution in [3.8, 4) is 0 Å². The van der Waals surface area contributed by atoms with E-state index in [4.69, 9.17) is 21.1 Å². The Bertz CT molecular complexity index is 1180. The molecule has 11 heteroatoms. The van der Waals surface area contributed by atoms with Gasteiger partial charge in [-0.1, -0.05) is 11.6 Å². The summed E-state index contributed by atoms with van der Waals surface area (Å²) in [6.07, 6.45) is 1.23. The summed E-state index contributed by atoms with van der Waals surface area (Å²) in [5.74, 6) is -1.69. The van der Waals surface area contributed by atoms with E-state index in [1.54, 1.807) is 6.92 Å². The number of hydrogen-bond donors (Lipinski definition) is 1. The van der Waals surface area contributed by atoms with Gasteiger partial charge < -0.3 is 14.8 Å². The number of esters is 1. The van der Waals surface area contributed by atoms with Crippen LogP contribution in [-0.4, -0.2) is 41.8 Å². The molecule has 0 unspecified atom stereocenters. The lowest BCUT2D eigenvalue weighted by molar-refractivity contribution is -0.116. The van der Waals surface area contributed by atoms with Gasteiger partial charge in [-0.25, -0.2) is 14.2 Å². The highest BCUT2D eigenvalue weighted by atomic mass is 35.5. The van der Waals surface area contributed by atoms with Gasteiger partial charge in [0.25, 0.3) is 5.56 Å². The first-order valence-electron chi connectivity index (χ1n) is 8.71. The number of rotatable bonds is 7. The minimum absolute atomic E-state index is 0.0915. The predicted octanol–water partition coefficient (Wildman–Crippen LogP) is 3.00. The van der Waals surface area contributed by atoms with E-state index < -0.39 is 23.3 Å². The second-order valence-corrected chi connectivity index (χ2v) is 7.63. The molecule has 1 N–H and O–H groups in total. The summed E-state index contributed by atoms with van der Waals surface area (Å²) in [4.78, 5) is 42.2. The van der Waals surface area contributed by atoms with Crippen LogP contribution in [0.3, 0.4) is 0 Å². The minimum atomic E-state index is -0.606. The Labute approximate surface area is 179 Å². The smallest absolute Gasteiger partial charge is 0.348 e. The topological polar surface area (TPSA) is 99.5 Å². The molecule has 0 aliphatic rings. The van der Waals surface area contributed by atoms with Crippen molar-refractivity contribution >= 4 is 50.7 Å². The number of methoxy groups -OCH3 is 1. The number of amides is 1. The average molecular weight is 454 g/mol. The Morgan fingerprint density at radius 3 is 2.80 bits per heavy atom. The first-order valence-corrected chi connectivity index (χ1v) is 9.90. The third kappa shape index (κ3) is 4.66. The highest BCUT2D eigenvalue weighted by molar-refractivity contribution is 7.20. The summed E-state index contributed by atoms with van der Waals surface area (Å²) in [6.45, 7) is 1.66. The first kappa shape index (κ1) is 21.9. The molecule has 3 rings (SSSR count). The number of hydrogen-bond acceptors (Lipinski definition) is 7. The molecular formula is C19H17ClFN3O5S. The van der Waals surface area contributed by atoms with Gasteiger partial charge in [0.2, 0.25) is 5.91 Å². The lowest BCUT2D eigenvalue weighted by Gasteiger charge is -2.08. The summed E-state index contributed by atoms with van der Waals surface area (Å²) >= 11 is 6.75. The van der Waals surface area contributed by atoms with E-state index in [0.717, 1.165) is 22.0 Å². The van der Waals surface area contributed by atoms with Crippen molar-refractivity contribution < 1.29 is 23.5 Å². The third-order valence-corrected chi connectivity index (χ3v) is 5.61. The second-order valence-electron chi connectivity index (χ2n) is 6.22. The van der Waals surface area contributed by atoms with E-state index in [2.05, 4.69) is 10.3 Å². The fraction of sp³-hybridized carbons (Fsp3) is 0.263. The summed E-state index contributed by atoms with van der Waals surface area (Å²) in [5, 5.41) is 2.66. The lowest BCUT2D eigenvalue weighted by atomic mass is 10.2. The zero-order valence-corrected chi connectivity index (χ0v) is 17.6. The van der Waals surface area contributed by atoms with E-state index in [0.29, 0.717) is 16.1 Å². The standard InChI is InChI=1S/C19H17ClFN3O5S/c1-10-15-17(30-16(10)19(27)29-6-5-28-2)22-9-24(18(15)26)8-14(25)23-11-3-4-13(21)12(20)7-11/h3-4,7,9H,5-6,8H2,1-2H3,(H,23,25). The lowest BCUT2D eigenvalue weighted by Crippen LogP contribution is -2.28. The van der Waals surface area contributed by atoms with Gasteiger partial charge in [0.05, 0.1) is 23.3 Å². The van der Waals surface area contributed by atoms with Crippen LogP contribution in [0.5, 0.6) is 0 Å². The number of carbonyl (C=O) groups is 2. The summed E-state index contributed by atoms with van der Waals surface area (Å²) in [6, 6.07) is 3.75. The molecule has 158 valence electrons. The SMILES string of the molecule is COCCOC(=O)c1sc2ncn(CC(=O)Nc3ccc(F)c(Cl)c3)c(=O)c2c1C. The normalized spacial score (nSPS) is 10.9. The molecule has 0 bridgehead atoms. The van der Waals surface area contributed by atoms with Crippen molar-refractivity contribution in [2.45, 2.75) is 13.5 Å². The van der Waals surface area contributed by atoms with Crippen LogP contribution < -0.4 is 10.9 Å². The van der Waals surface area contributed by atoms with Crippen LogP contribution in [0.25, 0.3) is 10.2 Å². The highest BCUT2D eigenvalue weighted by Crippen LogP contribution is 2.27. The monoisotopic (exact) mass is 453 g/mol. The van der Waals surface area contributed by atoms with Crippen LogP contribution in [-0.2, 0) is 20.8 Å². The number of fused-ring (bicyclic) bond motifs is 1. The molecule has 1 aromatic carbocycles. The van der Waals surface area contributed by atoms with Gasteiger partial charge in [-0.2, -0.15) is 0 Å². The Balaban J connectivity index is 1.81. The zero-order chi connectivity index (χ0) is 21.8. The fourth-order valence-corrected chi connectivity index (χ4v) is 3.89.